The molecule has 9 heteroatoms. The first-order valence-electron chi connectivity index (χ1n) is 19.0. The number of nitrogens with two attached hydrogens (primary N) is 1. The van der Waals surface area contributed by atoms with Crippen LogP contribution in [0.4, 0.5) is 0 Å². The minimum Gasteiger partial charge on any atom is -0.504 e. The second-order valence-electron chi connectivity index (χ2n) is 14.4. The summed E-state index contributed by atoms with van der Waals surface area (Å²) in [5, 5.41) is 36.5. The lowest BCUT2D eigenvalue weighted by Crippen LogP contribution is -2.36. The Labute approximate surface area is 302 Å². The summed E-state index contributed by atoms with van der Waals surface area (Å²) < 4.78 is 6.50. The number of nitrogens with one attached hydrogen (secondary N) is 1. The number of Topliss-reactive ketones (excluding diaryl/α,β-unsaturated/α-hetero) is 1. The molecular weight excluding hydrogens is 640 g/mol. The summed E-state index contributed by atoms with van der Waals surface area (Å²) in [5.41, 5.74) is 14.4. The van der Waals surface area contributed by atoms with Gasteiger partial charge in [0, 0.05) is 43.3 Å². The van der Waals surface area contributed by atoms with Gasteiger partial charge < -0.3 is 30.7 Å². The summed E-state index contributed by atoms with van der Waals surface area (Å²) in [5.74, 6) is 6.32. The number of fused-ring (bicyclic) bond motifs is 4. The molecule has 0 unspecified atom stereocenters. The largest absolute Gasteiger partial charge is 0.504 e. The van der Waals surface area contributed by atoms with Crippen LogP contribution in [0.5, 0.6) is 11.5 Å². The SMILES string of the molecule is CCCCC[C@@H](O)[C@@H](CCCCC)C(=O)CCc1ccc(O)c(O[C@@H]2CC#C[C@H](O)c3ccc4c(c3CC3=CN=C5CN2C=C35)CCN[C@H]4N)c1. The molecule has 6 rings (SSSR count). The average molecular weight is 695 g/mol. The molecule has 0 fully saturated rings. The van der Waals surface area contributed by atoms with Crippen molar-refractivity contribution in [2.75, 3.05) is 13.1 Å². The molecule has 4 heterocycles. The number of phenolic OH excluding ortho intramolecular Hbond substituents is 1. The second-order valence-corrected chi connectivity index (χ2v) is 14.4. The molecule has 0 spiro atoms. The van der Waals surface area contributed by atoms with Crippen molar-refractivity contribution in [2.24, 2.45) is 16.6 Å². The molecule has 2 aromatic rings. The maximum atomic E-state index is 13.5. The van der Waals surface area contributed by atoms with Gasteiger partial charge in [0.15, 0.2) is 17.7 Å². The predicted molar refractivity (Wildman–Crippen MR) is 200 cm³/mol. The lowest BCUT2D eigenvalue weighted by Gasteiger charge is -2.29. The van der Waals surface area contributed by atoms with E-state index in [1.165, 1.54) is 5.56 Å². The van der Waals surface area contributed by atoms with Crippen LogP contribution >= 0.6 is 0 Å². The Morgan fingerprint density at radius 3 is 2.69 bits per heavy atom. The van der Waals surface area contributed by atoms with Gasteiger partial charge in [0.25, 0.3) is 0 Å². The number of ketones is 1. The van der Waals surface area contributed by atoms with Crippen molar-refractivity contribution in [3.8, 4) is 23.3 Å². The molecule has 0 aliphatic carbocycles. The van der Waals surface area contributed by atoms with Crippen LogP contribution in [0.15, 0.2) is 58.9 Å². The first-order valence-corrected chi connectivity index (χ1v) is 19.0. The van der Waals surface area contributed by atoms with Crippen LogP contribution in [0, 0.1) is 17.8 Å². The maximum absolute atomic E-state index is 13.5. The number of hydrogen-bond acceptors (Lipinski definition) is 9. The van der Waals surface area contributed by atoms with Crippen LogP contribution in [0.1, 0.15) is 118 Å². The minimum atomic E-state index is -0.981. The highest BCUT2D eigenvalue weighted by atomic mass is 16.5. The number of nitrogens with zero attached hydrogens (tertiary/aromatic N) is 2. The van der Waals surface area contributed by atoms with Crippen LogP contribution in [-0.2, 0) is 24.1 Å². The highest BCUT2D eigenvalue weighted by molar-refractivity contribution is 6.09. The number of aliphatic hydroxyl groups is 2. The number of unbranched alkanes of at least 4 members (excludes halogenated alkanes) is 4. The van der Waals surface area contributed by atoms with Crippen molar-refractivity contribution >= 4 is 11.5 Å². The molecule has 0 radical (unpaired) electrons. The van der Waals surface area contributed by atoms with Crippen molar-refractivity contribution in [1.29, 1.82) is 0 Å². The number of ether oxygens (including phenoxy) is 1. The maximum Gasteiger partial charge on any atom is 0.183 e. The van der Waals surface area contributed by atoms with Gasteiger partial charge in [-0.1, -0.05) is 82.4 Å². The van der Waals surface area contributed by atoms with E-state index in [2.05, 4.69) is 42.1 Å². The fraction of sp³-hybridized carbons (Fsp3) is 0.524. The molecule has 0 aromatic heterocycles. The van der Waals surface area contributed by atoms with Gasteiger partial charge in [-0.25, -0.2) is 0 Å². The number of aliphatic hydroxyl groups excluding tert-OH is 2. The van der Waals surface area contributed by atoms with E-state index >= 15 is 0 Å². The molecule has 272 valence electrons. The van der Waals surface area contributed by atoms with Gasteiger partial charge in [-0.15, -0.1) is 0 Å². The molecule has 0 saturated carbocycles. The van der Waals surface area contributed by atoms with E-state index in [9.17, 15) is 20.1 Å². The lowest BCUT2D eigenvalue weighted by molar-refractivity contribution is -0.126. The van der Waals surface area contributed by atoms with E-state index < -0.39 is 18.4 Å². The molecule has 4 aliphatic rings. The van der Waals surface area contributed by atoms with Crippen molar-refractivity contribution in [2.45, 2.75) is 122 Å². The van der Waals surface area contributed by atoms with Gasteiger partial charge in [0.05, 0.1) is 30.9 Å². The Hall–Kier alpha value is -3.94. The van der Waals surface area contributed by atoms with E-state index in [0.717, 1.165) is 90.6 Å². The van der Waals surface area contributed by atoms with Crippen LogP contribution in [0.2, 0.25) is 0 Å². The first kappa shape index (κ1) is 36.8. The Bertz CT molecular complexity index is 1740. The van der Waals surface area contributed by atoms with Gasteiger partial charge in [-0.05, 0) is 71.2 Å². The fourth-order valence-electron chi connectivity index (χ4n) is 7.85. The molecule has 4 aliphatic heterocycles. The number of carbonyl (C=O) groups excluding carboxylic acids is 1. The quantitative estimate of drug-likeness (QED) is 0.112. The van der Waals surface area contributed by atoms with Crippen LogP contribution in [0.25, 0.3) is 0 Å². The molecule has 5 atom stereocenters. The number of allylic oxidation sites excluding steroid dienone is 1. The van der Waals surface area contributed by atoms with Crippen molar-refractivity contribution in [3.63, 3.8) is 0 Å². The minimum absolute atomic E-state index is 0.00402. The highest BCUT2D eigenvalue weighted by Crippen LogP contribution is 2.37. The Morgan fingerprint density at radius 1 is 1.10 bits per heavy atom. The molecule has 0 saturated heterocycles. The third kappa shape index (κ3) is 8.58. The van der Waals surface area contributed by atoms with E-state index in [4.69, 9.17) is 15.5 Å². The summed E-state index contributed by atoms with van der Waals surface area (Å²) >= 11 is 0. The fourth-order valence-corrected chi connectivity index (χ4v) is 7.85. The van der Waals surface area contributed by atoms with Crippen molar-refractivity contribution < 1.29 is 24.9 Å². The topological polar surface area (TPSA) is 141 Å². The molecule has 2 bridgehead atoms. The number of aromatic hydroxyl groups is 1. The van der Waals surface area contributed by atoms with Gasteiger partial charge >= 0.3 is 0 Å². The number of rotatable bonds is 15. The number of carbonyl (C=O) groups is 1. The van der Waals surface area contributed by atoms with Gasteiger partial charge in [-0.2, -0.15) is 0 Å². The molecule has 6 N–H and O–H groups in total. The van der Waals surface area contributed by atoms with Crippen LogP contribution in [0.3, 0.4) is 0 Å². The average Bonchev–Trinajstić information content (AvgIpc) is 3.71. The van der Waals surface area contributed by atoms with Gasteiger partial charge in [0.2, 0.25) is 0 Å². The summed E-state index contributed by atoms with van der Waals surface area (Å²) in [6.07, 6.45) is 11.6. The summed E-state index contributed by atoms with van der Waals surface area (Å²) in [4.78, 5) is 20.3. The molecule has 2 aromatic carbocycles. The Balaban J connectivity index is 1.19. The number of phenols is 1. The zero-order valence-corrected chi connectivity index (χ0v) is 30.2. The Kier molecular flexibility index (Phi) is 12.3. The molecule has 9 nitrogen and oxygen atoms in total. The van der Waals surface area contributed by atoms with Crippen molar-refractivity contribution in [3.05, 3.63) is 81.7 Å². The van der Waals surface area contributed by atoms with E-state index in [1.54, 1.807) is 12.1 Å². The normalized spacial score (nSPS) is 21.9. The van der Waals surface area contributed by atoms with Crippen LogP contribution in [-0.4, -0.2) is 57.1 Å². The smallest absolute Gasteiger partial charge is 0.183 e. The van der Waals surface area contributed by atoms with Gasteiger partial charge in [0.1, 0.15) is 11.9 Å². The summed E-state index contributed by atoms with van der Waals surface area (Å²) in [6, 6.07) is 9.18. The number of aryl methyl sites for hydroxylation is 1. The van der Waals surface area contributed by atoms with Crippen molar-refractivity contribution in [1.82, 2.24) is 10.2 Å². The van der Waals surface area contributed by atoms with Gasteiger partial charge in [-0.3, -0.25) is 15.1 Å². The molecular formula is C42H54N4O5. The van der Waals surface area contributed by atoms with E-state index in [0.29, 0.717) is 44.4 Å². The molecule has 51 heavy (non-hydrogen) atoms. The third-order valence-electron chi connectivity index (χ3n) is 10.8. The lowest BCUT2D eigenvalue weighted by atomic mass is 9.84. The second kappa shape index (κ2) is 17.1. The standard InChI is InChI=1S/C42H54N4O5/c1-3-5-7-10-32(37(48)11-8-6-4-2)38(49)18-14-27-15-19-39(50)40(22-27)51-41-13-9-12-36(47)30-16-17-31-29(20-21-44-42(31)43)33(30)23-28-24-45-35-26-46(41)25-34(28)35/h15-17,19,22,24-25,32,36-37,41-42,44,47-48,50H,3-8,10-11,13-14,18,20-21,23,26,43H2,1-2H3/t32-,36+,37-,41-,42-/m1/s1. The third-order valence-corrected chi connectivity index (χ3v) is 10.8. The van der Waals surface area contributed by atoms with Crippen LogP contribution < -0.4 is 15.8 Å². The number of hydrogen-bond donors (Lipinski definition) is 5. The summed E-state index contributed by atoms with van der Waals surface area (Å²) in [7, 11) is 0. The van der Waals surface area contributed by atoms with E-state index in [1.807, 2.05) is 24.4 Å². The number of benzene rings is 2. The zero-order chi connectivity index (χ0) is 35.9. The monoisotopic (exact) mass is 694 g/mol. The molecule has 0 amide bonds. The highest BCUT2D eigenvalue weighted by Gasteiger charge is 2.33. The predicted octanol–water partition coefficient (Wildman–Crippen LogP) is 6.06. The number of aliphatic imine (C=N–C) groups is 1. The Morgan fingerprint density at radius 2 is 1.88 bits per heavy atom. The summed E-state index contributed by atoms with van der Waals surface area (Å²) in [6.45, 7) is 5.59. The van der Waals surface area contributed by atoms with E-state index in [-0.39, 0.29) is 30.0 Å². The zero-order valence-electron chi connectivity index (χ0n) is 30.2. The first-order chi connectivity index (χ1) is 24.8.